The maximum Gasteiger partial charge on any atom is 0.469 e. The fourth-order valence-electron chi connectivity index (χ4n) is 1.30. The third-order valence-corrected chi connectivity index (χ3v) is 3.04. The van der Waals surface area contributed by atoms with Gasteiger partial charge >= 0.3 is 7.82 Å². The zero-order chi connectivity index (χ0) is 12.1. The van der Waals surface area contributed by atoms with Gasteiger partial charge in [-0.15, -0.1) is 0 Å². The first-order valence-electron chi connectivity index (χ1n) is 4.68. The highest BCUT2D eigenvalue weighted by atomic mass is 31.2. The van der Waals surface area contributed by atoms with Crippen molar-refractivity contribution < 1.29 is 23.7 Å². The van der Waals surface area contributed by atoms with Crippen LogP contribution in [0.25, 0.3) is 0 Å². The third kappa shape index (κ3) is 4.26. The molecule has 0 aliphatic carbocycles. The molecule has 0 bridgehead atoms. The Morgan fingerprint density at radius 2 is 1.93 bits per heavy atom. The molecule has 0 aliphatic heterocycles. The van der Waals surface area contributed by atoms with Crippen molar-refractivity contribution in [2.24, 2.45) is 5.41 Å². The van der Waals surface area contributed by atoms with Crippen LogP contribution in [0.5, 0.6) is 0 Å². The summed E-state index contributed by atoms with van der Waals surface area (Å²) in [7, 11) is -4.53. The molecule has 15 heavy (non-hydrogen) atoms. The highest BCUT2D eigenvalue weighted by Gasteiger charge is 2.35. The fourth-order valence-corrected chi connectivity index (χ4v) is 1.71. The van der Waals surface area contributed by atoms with Gasteiger partial charge in [-0.2, -0.15) is 0 Å². The number of allylic oxidation sites excluding steroid dienone is 1. The van der Waals surface area contributed by atoms with Gasteiger partial charge < -0.3 is 9.79 Å². The van der Waals surface area contributed by atoms with Crippen LogP contribution >= 0.6 is 7.82 Å². The minimum absolute atomic E-state index is 0.249. The van der Waals surface area contributed by atoms with Gasteiger partial charge in [0.25, 0.3) is 0 Å². The first-order valence-corrected chi connectivity index (χ1v) is 6.21. The summed E-state index contributed by atoms with van der Waals surface area (Å²) < 4.78 is 15.0. The van der Waals surface area contributed by atoms with Crippen LogP contribution in [0.3, 0.4) is 0 Å². The number of carbonyl (C=O) groups is 1. The van der Waals surface area contributed by atoms with E-state index < -0.39 is 13.2 Å². The molecule has 6 heteroatoms. The van der Waals surface area contributed by atoms with E-state index in [2.05, 4.69) is 11.1 Å². The summed E-state index contributed by atoms with van der Waals surface area (Å²) in [6.45, 7) is 6.63. The zero-order valence-electron chi connectivity index (χ0n) is 8.97. The van der Waals surface area contributed by atoms with Crippen LogP contribution in [0.15, 0.2) is 12.7 Å². The third-order valence-electron chi connectivity index (χ3n) is 2.57. The molecule has 2 N–H and O–H groups in total. The van der Waals surface area contributed by atoms with Gasteiger partial charge in [0, 0.05) is 0 Å². The highest BCUT2D eigenvalue weighted by Crippen LogP contribution is 2.40. The summed E-state index contributed by atoms with van der Waals surface area (Å²) in [5.41, 5.74) is -0.872. The van der Waals surface area contributed by atoms with Crippen molar-refractivity contribution in [3.63, 3.8) is 0 Å². The zero-order valence-corrected chi connectivity index (χ0v) is 9.87. The molecule has 0 fully saturated rings. The van der Waals surface area contributed by atoms with Crippen LogP contribution in [0.1, 0.15) is 26.7 Å². The van der Waals surface area contributed by atoms with E-state index in [9.17, 15) is 9.36 Å². The van der Waals surface area contributed by atoms with E-state index in [1.807, 2.05) is 0 Å². The van der Waals surface area contributed by atoms with E-state index in [1.165, 1.54) is 0 Å². The summed E-state index contributed by atoms with van der Waals surface area (Å²) in [5.74, 6) is -0.249. The molecule has 0 amide bonds. The molecule has 0 radical (unpaired) electrons. The number of phosphoric acid groups is 1. The molecule has 0 rings (SSSR count). The largest absolute Gasteiger partial charge is 0.469 e. The maximum absolute atomic E-state index is 11.6. The van der Waals surface area contributed by atoms with Crippen molar-refractivity contribution in [3.8, 4) is 0 Å². The van der Waals surface area contributed by atoms with Crippen LogP contribution in [0.2, 0.25) is 0 Å². The number of rotatable bonds is 7. The smallest absolute Gasteiger partial charge is 0.303 e. The van der Waals surface area contributed by atoms with Crippen LogP contribution < -0.4 is 0 Å². The molecule has 0 heterocycles. The lowest BCUT2D eigenvalue weighted by Crippen LogP contribution is -2.33. The molecular formula is C9H17O5P. The second-order valence-corrected chi connectivity index (χ2v) is 4.56. The second kappa shape index (κ2) is 5.56. The Labute approximate surface area is 89.4 Å². The number of phosphoric ester groups is 1. The van der Waals surface area contributed by atoms with Gasteiger partial charge in [0.15, 0.2) is 5.78 Å². The van der Waals surface area contributed by atoms with Crippen molar-refractivity contribution >= 4 is 13.6 Å². The van der Waals surface area contributed by atoms with Gasteiger partial charge in [-0.25, -0.2) is 4.57 Å². The summed E-state index contributed by atoms with van der Waals surface area (Å²) in [6.07, 6.45) is 2.07. The molecule has 0 aromatic carbocycles. The maximum atomic E-state index is 11.6. The van der Waals surface area contributed by atoms with Crippen molar-refractivity contribution in [2.75, 3.05) is 6.61 Å². The average Bonchev–Trinajstić information content (AvgIpc) is 2.18. The normalized spacial score (nSPS) is 12.5. The molecule has 0 aliphatic rings. The Hall–Kier alpha value is -0.480. The minimum atomic E-state index is -4.53. The van der Waals surface area contributed by atoms with E-state index in [1.54, 1.807) is 13.8 Å². The number of ketones is 1. The molecule has 0 aromatic rings. The first-order chi connectivity index (χ1) is 6.81. The topological polar surface area (TPSA) is 83.8 Å². The predicted molar refractivity (Wildman–Crippen MR) is 56.2 cm³/mol. The van der Waals surface area contributed by atoms with Crippen LogP contribution in [0.4, 0.5) is 0 Å². The Morgan fingerprint density at radius 3 is 2.20 bits per heavy atom. The van der Waals surface area contributed by atoms with Gasteiger partial charge in [0.2, 0.25) is 0 Å². The minimum Gasteiger partial charge on any atom is -0.303 e. The summed E-state index contributed by atoms with van der Waals surface area (Å²) in [4.78, 5) is 28.7. The van der Waals surface area contributed by atoms with E-state index in [0.29, 0.717) is 12.8 Å². The standard InChI is InChI=1S/C9H17O5P/c1-4-8(10)9(5-2,6-3)7-14-15(11,12)13/h4H,1,5-7H2,2-3H3,(H2,11,12,13). The number of hydrogen-bond donors (Lipinski definition) is 2. The van der Waals surface area contributed by atoms with E-state index in [0.717, 1.165) is 6.08 Å². The lowest BCUT2D eigenvalue weighted by molar-refractivity contribution is -0.126. The highest BCUT2D eigenvalue weighted by molar-refractivity contribution is 7.46. The van der Waals surface area contributed by atoms with Gasteiger partial charge in [0.05, 0.1) is 12.0 Å². The van der Waals surface area contributed by atoms with Gasteiger partial charge in [0.1, 0.15) is 0 Å². The van der Waals surface area contributed by atoms with E-state index >= 15 is 0 Å². The van der Waals surface area contributed by atoms with Crippen molar-refractivity contribution in [1.29, 1.82) is 0 Å². The Kier molecular flexibility index (Phi) is 5.38. The molecule has 0 spiro atoms. The van der Waals surface area contributed by atoms with Crippen molar-refractivity contribution in [3.05, 3.63) is 12.7 Å². The lowest BCUT2D eigenvalue weighted by Gasteiger charge is -2.28. The van der Waals surface area contributed by atoms with Gasteiger partial charge in [-0.05, 0) is 18.9 Å². The summed E-state index contributed by atoms with van der Waals surface area (Å²) >= 11 is 0. The van der Waals surface area contributed by atoms with Crippen LogP contribution in [0, 0.1) is 5.41 Å². The van der Waals surface area contributed by atoms with E-state index in [4.69, 9.17) is 9.79 Å². The number of carbonyl (C=O) groups excluding carboxylic acids is 1. The van der Waals surface area contributed by atoms with Crippen molar-refractivity contribution in [1.82, 2.24) is 0 Å². The fraction of sp³-hybridized carbons (Fsp3) is 0.667. The molecule has 88 valence electrons. The summed E-state index contributed by atoms with van der Waals surface area (Å²) in [5, 5.41) is 0. The van der Waals surface area contributed by atoms with Crippen LogP contribution in [-0.4, -0.2) is 22.2 Å². The summed E-state index contributed by atoms with van der Waals surface area (Å²) in [6, 6.07) is 0. The van der Waals surface area contributed by atoms with Gasteiger partial charge in [-0.1, -0.05) is 20.4 Å². The molecule has 0 unspecified atom stereocenters. The average molecular weight is 236 g/mol. The number of hydrogen-bond acceptors (Lipinski definition) is 3. The monoisotopic (exact) mass is 236 g/mol. The van der Waals surface area contributed by atoms with Crippen LogP contribution in [-0.2, 0) is 13.9 Å². The Morgan fingerprint density at radius 1 is 1.47 bits per heavy atom. The van der Waals surface area contributed by atoms with Gasteiger partial charge in [-0.3, -0.25) is 9.32 Å². The molecule has 5 nitrogen and oxygen atoms in total. The molecule has 0 atom stereocenters. The molecule has 0 saturated heterocycles. The van der Waals surface area contributed by atoms with E-state index in [-0.39, 0.29) is 12.4 Å². The molecular weight excluding hydrogens is 219 g/mol. The second-order valence-electron chi connectivity index (χ2n) is 3.32. The lowest BCUT2D eigenvalue weighted by atomic mass is 9.79. The predicted octanol–water partition coefficient (Wildman–Crippen LogP) is 1.66. The SMILES string of the molecule is C=CC(=O)C(CC)(CC)COP(=O)(O)O. The molecule has 0 aromatic heterocycles. The Bertz CT molecular complexity index is 276. The quantitative estimate of drug-likeness (QED) is 0.518. The Balaban J connectivity index is 4.73. The van der Waals surface area contributed by atoms with Crippen molar-refractivity contribution in [2.45, 2.75) is 26.7 Å². The first kappa shape index (κ1) is 14.5. The molecule has 0 saturated carbocycles.